The molecule has 0 bridgehead atoms. The summed E-state index contributed by atoms with van der Waals surface area (Å²) in [6.07, 6.45) is 6.69. The lowest BCUT2D eigenvalue weighted by Crippen LogP contribution is -2.29. The predicted octanol–water partition coefficient (Wildman–Crippen LogP) is 3.61. The van der Waals surface area contributed by atoms with Gasteiger partial charge in [0.05, 0.1) is 5.75 Å². The summed E-state index contributed by atoms with van der Waals surface area (Å²) >= 11 is 1.44. The third kappa shape index (κ3) is 3.94. The van der Waals surface area contributed by atoms with Crippen LogP contribution in [0.15, 0.2) is 53.9 Å². The number of amides is 1. The van der Waals surface area contributed by atoms with Crippen LogP contribution < -0.4 is 0 Å². The van der Waals surface area contributed by atoms with Gasteiger partial charge in [-0.2, -0.15) is 0 Å². The molecule has 3 heterocycles. The second kappa shape index (κ2) is 8.56. The van der Waals surface area contributed by atoms with E-state index in [4.69, 9.17) is 0 Å². The number of pyridine rings is 1. The van der Waals surface area contributed by atoms with E-state index in [0.717, 1.165) is 54.6 Å². The fourth-order valence-electron chi connectivity index (χ4n) is 3.35. The molecular formula is C21H23N5OS. The number of aromatic nitrogens is 4. The highest BCUT2D eigenvalue weighted by atomic mass is 32.2. The van der Waals surface area contributed by atoms with Gasteiger partial charge in [0.1, 0.15) is 0 Å². The van der Waals surface area contributed by atoms with E-state index in [1.807, 2.05) is 21.6 Å². The van der Waals surface area contributed by atoms with Crippen LogP contribution >= 0.6 is 11.8 Å². The Labute approximate surface area is 169 Å². The lowest BCUT2D eigenvalue weighted by Gasteiger charge is -2.15. The maximum absolute atomic E-state index is 12.5. The summed E-state index contributed by atoms with van der Waals surface area (Å²) in [4.78, 5) is 18.5. The van der Waals surface area contributed by atoms with E-state index in [2.05, 4.69) is 46.4 Å². The largest absolute Gasteiger partial charge is 0.342 e. The standard InChI is InChI=1S/C21H23N5OS/c1-2-16-5-7-18(8-6-16)26-20(17-9-11-22-12-10-17)23-24-21(26)28-15-19(27)25-13-3-4-14-25/h5-12H,2-4,13-15H2,1H3. The molecule has 0 spiro atoms. The molecule has 3 aromatic rings. The third-order valence-corrected chi connectivity index (χ3v) is 5.87. The lowest BCUT2D eigenvalue weighted by molar-refractivity contribution is -0.127. The van der Waals surface area contributed by atoms with Crippen LogP contribution in [0.25, 0.3) is 17.1 Å². The molecular weight excluding hydrogens is 370 g/mol. The molecule has 1 fully saturated rings. The summed E-state index contributed by atoms with van der Waals surface area (Å²) < 4.78 is 2.02. The number of carbonyl (C=O) groups excluding carboxylic acids is 1. The first kappa shape index (κ1) is 18.7. The SMILES string of the molecule is CCc1ccc(-n2c(SCC(=O)N3CCCC3)nnc2-c2ccncc2)cc1. The Kier molecular flexibility index (Phi) is 5.71. The number of rotatable bonds is 6. The van der Waals surface area contributed by atoms with Crippen LogP contribution in [0.1, 0.15) is 25.3 Å². The van der Waals surface area contributed by atoms with E-state index < -0.39 is 0 Å². The summed E-state index contributed by atoms with van der Waals surface area (Å²) in [5, 5.41) is 9.54. The monoisotopic (exact) mass is 393 g/mol. The average Bonchev–Trinajstić information content (AvgIpc) is 3.43. The molecule has 2 aromatic heterocycles. The summed E-state index contributed by atoms with van der Waals surface area (Å²) in [5.41, 5.74) is 3.21. The third-order valence-electron chi connectivity index (χ3n) is 4.96. The van der Waals surface area contributed by atoms with Gasteiger partial charge in [-0.3, -0.25) is 14.3 Å². The van der Waals surface area contributed by atoms with Gasteiger partial charge in [0, 0.05) is 36.7 Å². The predicted molar refractivity (Wildman–Crippen MR) is 111 cm³/mol. The Balaban J connectivity index is 1.65. The van der Waals surface area contributed by atoms with E-state index in [-0.39, 0.29) is 5.91 Å². The van der Waals surface area contributed by atoms with Crippen LogP contribution in [0.5, 0.6) is 0 Å². The number of nitrogens with zero attached hydrogens (tertiary/aromatic N) is 5. The molecule has 0 aliphatic carbocycles. The van der Waals surface area contributed by atoms with Crippen LogP contribution in [0.3, 0.4) is 0 Å². The lowest BCUT2D eigenvalue weighted by atomic mass is 10.1. The van der Waals surface area contributed by atoms with Crippen molar-refractivity contribution in [3.05, 3.63) is 54.4 Å². The van der Waals surface area contributed by atoms with E-state index in [1.54, 1.807) is 12.4 Å². The van der Waals surface area contributed by atoms with Gasteiger partial charge < -0.3 is 4.90 Å². The zero-order valence-electron chi connectivity index (χ0n) is 15.9. The molecule has 1 aliphatic heterocycles. The molecule has 4 rings (SSSR count). The Morgan fingerprint density at radius 3 is 2.43 bits per heavy atom. The molecule has 0 N–H and O–H groups in total. The first-order valence-electron chi connectivity index (χ1n) is 9.62. The minimum absolute atomic E-state index is 0.170. The maximum atomic E-state index is 12.5. The molecule has 1 saturated heterocycles. The topological polar surface area (TPSA) is 63.9 Å². The molecule has 0 atom stereocenters. The van der Waals surface area contributed by atoms with E-state index in [9.17, 15) is 4.79 Å². The number of hydrogen-bond donors (Lipinski definition) is 0. The minimum Gasteiger partial charge on any atom is -0.342 e. The fourth-order valence-corrected chi connectivity index (χ4v) is 4.20. The zero-order valence-corrected chi connectivity index (χ0v) is 16.7. The van der Waals surface area contributed by atoms with E-state index in [1.165, 1.54) is 17.3 Å². The normalized spacial score (nSPS) is 13.8. The molecule has 1 amide bonds. The molecule has 144 valence electrons. The molecule has 1 aliphatic rings. The summed E-state index contributed by atoms with van der Waals surface area (Å²) in [5.74, 6) is 1.30. The first-order valence-corrected chi connectivity index (χ1v) is 10.6. The van der Waals surface area contributed by atoms with Crippen molar-refractivity contribution in [2.24, 2.45) is 0 Å². The average molecular weight is 394 g/mol. The van der Waals surface area contributed by atoms with Crippen LogP contribution in [0.2, 0.25) is 0 Å². The van der Waals surface area contributed by atoms with Gasteiger partial charge in [0.2, 0.25) is 5.91 Å². The Bertz CT molecular complexity index is 933. The minimum atomic E-state index is 0.170. The highest BCUT2D eigenvalue weighted by Gasteiger charge is 2.21. The second-order valence-corrected chi connectivity index (χ2v) is 7.72. The number of thioether (sulfide) groups is 1. The molecule has 7 heteroatoms. The molecule has 28 heavy (non-hydrogen) atoms. The van der Waals surface area contributed by atoms with Crippen molar-refractivity contribution in [1.82, 2.24) is 24.6 Å². The summed E-state index contributed by atoms with van der Waals surface area (Å²) in [7, 11) is 0. The molecule has 6 nitrogen and oxygen atoms in total. The zero-order chi connectivity index (χ0) is 19.3. The van der Waals surface area contributed by atoms with Crippen molar-refractivity contribution >= 4 is 17.7 Å². The highest BCUT2D eigenvalue weighted by Crippen LogP contribution is 2.28. The van der Waals surface area contributed by atoms with Gasteiger partial charge in [-0.25, -0.2) is 0 Å². The van der Waals surface area contributed by atoms with Crippen LogP contribution in [-0.2, 0) is 11.2 Å². The van der Waals surface area contributed by atoms with Crippen molar-refractivity contribution in [3.63, 3.8) is 0 Å². The van der Waals surface area contributed by atoms with Gasteiger partial charge in [-0.05, 0) is 49.1 Å². The van der Waals surface area contributed by atoms with Gasteiger partial charge in [-0.1, -0.05) is 30.8 Å². The van der Waals surface area contributed by atoms with Crippen LogP contribution in [0, 0.1) is 0 Å². The maximum Gasteiger partial charge on any atom is 0.233 e. The van der Waals surface area contributed by atoms with Crippen molar-refractivity contribution in [1.29, 1.82) is 0 Å². The second-order valence-electron chi connectivity index (χ2n) is 6.77. The summed E-state index contributed by atoms with van der Waals surface area (Å²) in [6, 6.07) is 12.2. The number of likely N-dealkylation sites (tertiary alicyclic amines) is 1. The van der Waals surface area contributed by atoms with Crippen LogP contribution in [0.4, 0.5) is 0 Å². The number of aryl methyl sites for hydroxylation is 1. The highest BCUT2D eigenvalue weighted by molar-refractivity contribution is 7.99. The number of hydrogen-bond acceptors (Lipinski definition) is 5. The fraction of sp³-hybridized carbons (Fsp3) is 0.333. The van der Waals surface area contributed by atoms with Gasteiger partial charge >= 0.3 is 0 Å². The van der Waals surface area contributed by atoms with Crippen LogP contribution in [-0.4, -0.2) is 49.4 Å². The van der Waals surface area contributed by atoms with Crippen molar-refractivity contribution < 1.29 is 4.79 Å². The van der Waals surface area contributed by atoms with Gasteiger partial charge in [0.15, 0.2) is 11.0 Å². The number of benzene rings is 1. The first-order chi connectivity index (χ1) is 13.8. The van der Waals surface area contributed by atoms with Crippen molar-refractivity contribution in [2.75, 3.05) is 18.8 Å². The molecule has 1 aromatic carbocycles. The molecule has 0 saturated carbocycles. The number of carbonyl (C=O) groups is 1. The van der Waals surface area contributed by atoms with E-state index in [0.29, 0.717) is 5.75 Å². The van der Waals surface area contributed by atoms with Crippen molar-refractivity contribution in [2.45, 2.75) is 31.3 Å². The molecule has 0 unspecified atom stereocenters. The quantitative estimate of drug-likeness (QED) is 0.599. The smallest absolute Gasteiger partial charge is 0.233 e. The Morgan fingerprint density at radius 2 is 1.75 bits per heavy atom. The van der Waals surface area contributed by atoms with Crippen molar-refractivity contribution in [3.8, 4) is 17.1 Å². The molecule has 0 radical (unpaired) electrons. The van der Waals surface area contributed by atoms with Gasteiger partial charge in [0.25, 0.3) is 0 Å². The van der Waals surface area contributed by atoms with Gasteiger partial charge in [-0.15, -0.1) is 10.2 Å². The Hall–Kier alpha value is -2.67. The Morgan fingerprint density at radius 1 is 1.04 bits per heavy atom. The summed E-state index contributed by atoms with van der Waals surface area (Å²) in [6.45, 7) is 3.88. The van der Waals surface area contributed by atoms with E-state index >= 15 is 0 Å².